The SMILES string of the molecule is COc1ccc(C2=NC(c3ccccc3)=S(Cl)S2)cc1. The van der Waals surface area contributed by atoms with Gasteiger partial charge >= 0.3 is 0 Å². The van der Waals surface area contributed by atoms with Crippen LogP contribution in [0.3, 0.4) is 0 Å². The first-order valence-electron chi connectivity index (χ1n) is 6.02. The van der Waals surface area contributed by atoms with Crippen molar-refractivity contribution in [2.45, 2.75) is 0 Å². The van der Waals surface area contributed by atoms with Gasteiger partial charge in [-0.25, -0.2) is 4.99 Å². The van der Waals surface area contributed by atoms with E-state index in [1.54, 1.807) is 17.9 Å². The van der Waals surface area contributed by atoms with Crippen LogP contribution in [0.1, 0.15) is 11.1 Å². The number of hydrogen-bond donors (Lipinski definition) is 0. The van der Waals surface area contributed by atoms with Gasteiger partial charge in [-0.1, -0.05) is 30.3 Å². The molecule has 0 saturated heterocycles. The van der Waals surface area contributed by atoms with E-state index in [9.17, 15) is 0 Å². The topological polar surface area (TPSA) is 21.6 Å². The first kappa shape index (κ1) is 13.7. The van der Waals surface area contributed by atoms with Crippen LogP contribution in [0, 0.1) is 0 Å². The summed E-state index contributed by atoms with van der Waals surface area (Å²) in [5, 5.41) is 0.963. The minimum absolute atomic E-state index is 0.429. The Hall–Kier alpha value is -1.23. The number of ether oxygens (including phenoxy) is 1. The van der Waals surface area contributed by atoms with E-state index in [1.807, 2.05) is 54.6 Å². The van der Waals surface area contributed by atoms with Gasteiger partial charge in [0, 0.05) is 11.1 Å². The highest BCUT2D eigenvalue weighted by Gasteiger charge is 2.19. The molecule has 0 saturated carbocycles. The lowest BCUT2D eigenvalue weighted by Crippen LogP contribution is -1.96. The number of hydrogen-bond acceptors (Lipinski definition) is 3. The van der Waals surface area contributed by atoms with Crippen LogP contribution in [0.25, 0.3) is 0 Å². The van der Waals surface area contributed by atoms with Crippen molar-refractivity contribution in [2.24, 2.45) is 4.99 Å². The Morgan fingerprint density at radius 3 is 2.35 bits per heavy atom. The van der Waals surface area contributed by atoms with Crippen LogP contribution >= 0.6 is 30.2 Å². The third-order valence-electron chi connectivity index (χ3n) is 2.86. The Balaban J connectivity index is 1.91. The highest BCUT2D eigenvalue weighted by Crippen LogP contribution is 2.46. The van der Waals surface area contributed by atoms with Crippen LogP contribution in [-0.2, 0) is 0 Å². The van der Waals surface area contributed by atoms with E-state index in [0.717, 1.165) is 26.9 Å². The van der Waals surface area contributed by atoms with Crippen LogP contribution in [0.15, 0.2) is 59.6 Å². The fourth-order valence-corrected chi connectivity index (χ4v) is 5.32. The third-order valence-corrected chi connectivity index (χ3v) is 6.52. The Morgan fingerprint density at radius 2 is 1.70 bits per heavy atom. The molecular weight excluding hydrogens is 310 g/mol. The molecule has 1 atom stereocenters. The molecule has 2 nitrogen and oxygen atoms in total. The molecule has 102 valence electrons. The average molecular weight is 322 g/mol. The lowest BCUT2D eigenvalue weighted by atomic mass is 10.2. The van der Waals surface area contributed by atoms with E-state index in [-0.39, 0.29) is 0 Å². The molecule has 3 rings (SSSR count). The van der Waals surface area contributed by atoms with Gasteiger partial charge in [-0.3, -0.25) is 0 Å². The minimum Gasteiger partial charge on any atom is -0.497 e. The van der Waals surface area contributed by atoms with Crippen molar-refractivity contribution < 1.29 is 4.74 Å². The Kier molecular flexibility index (Phi) is 4.15. The lowest BCUT2D eigenvalue weighted by molar-refractivity contribution is 0.415. The summed E-state index contributed by atoms with van der Waals surface area (Å²) in [6.07, 6.45) is 0. The van der Waals surface area contributed by atoms with Crippen molar-refractivity contribution >= 4 is 40.2 Å². The summed E-state index contributed by atoms with van der Waals surface area (Å²) in [5.74, 6) is 0.842. The Bertz CT molecular complexity index is 681. The summed E-state index contributed by atoms with van der Waals surface area (Å²) in [5.41, 5.74) is 2.15. The summed E-state index contributed by atoms with van der Waals surface area (Å²) in [6, 6.07) is 18.0. The van der Waals surface area contributed by atoms with Gasteiger partial charge < -0.3 is 4.74 Å². The lowest BCUT2D eigenvalue weighted by Gasteiger charge is -2.02. The molecule has 0 N–H and O–H groups in total. The predicted molar refractivity (Wildman–Crippen MR) is 91.1 cm³/mol. The van der Waals surface area contributed by atoms with Gasteiger partial charge in [-0.05, 0) is 54.5 Å². The van der Waals surface area contributed by atoms with Gasteiger partial charge in [-0.2, -0.15) is 0 Å². The maximum atomic E-state index is 6.43. The zero-order valence-corrected chi connectivity index (χ0v) is 13.1. The minimum atomic E-state index is -0.429. The van der Waals surface area contributed by atoms with Crippen molar-refractivity contribution in [1.82, 2.24) is 0 Å². The number of benzene rings is 2. The number of aliphatic imine (C=N–C) groups is 1. The van der Waals surface area contributed by atoms with E-state index in [2.05, 4.69) is 0 Å². The Morgan fingerprint density at radius 1 is 1.00 bits per heavy atom. The monoisotopic (exact) mass is 321 g/mol. The second kappa shape index (κ2) is 6.04. The maximum Gasteiger partial charge on any atom is 0.120 e. The molecule has 0 aromatic heterocycles. The van der Waals surface area contributed by atoms with Crippen molar-refractivity contribution in [3.8, 4) is 5.75 Å². The van der Waals surface area contributed by atoms with Crippen LogP contribution in [0.4, 0.5) is 0 Å². The molecule has 2 aromatic carbocycles. The largest absolute Gasteiger partial charge is 0.497 e. The summed E-state index contributed by atoms with van der Waals surface area (Å²) in [7, 11) is 9.26. The number of nitrogens with zero attached hydrogens (tertiary/aromatic N) is 1. The van der Waals surface area contributed by atoms with E-state index in [1.165, 1.54) is 0 Å². The molecule has 1 unspecified atom stereocenters. The molecular formula is C15H12ClNOS2. The molecule has 2 aromatic rings. The second-order valence-electron chi connectivity index (χ2n) is 4.12. The van der Waals surface area contributed by atoms with Crippen molar-refractivity contribution in [2.75, 3.05) is 7.11 Å². The molecule has 0 radical (unpaired) electrons. The first-order chi connectivity index (χ1) is 9.78. The fraction of sp³-hybridized carbons (Fsp3) is 0.0667. The van der Waals surface area contributed by atoms with Gasteiger partial charge in [0.2, 0.25) is 0 Å². The van der Waals surface area contributed by atoms with E-state index in [4.69, 9.17) is 20.4 Å². The molecule has 0 aliphatic carbocycles. The molecule has 1 aliphatic rings. The fourth-order valence-electron chi connectivity index (χ4n) is 1.84. The maximum absolute atomic E-state index is 6.43. The standard InChI is InChI=1S/C15H12ClNOS2/c1-18-13-9-7-11(8-10-13)14-17-15(20(16)19-14)12-5-3-2-4-6-12/h2-10H,1H3. The summed E-state index contributed by atoms with van der Waals surface area (Å²) in [4.78, 5) is 5.65. The van der Waals surface area contributed by atoms with Crippen LogP contribution in [0.2, 0.25) is 0 Å². The Labute approximate surface area is 128 Å². The van der Waals surface area contributed by atoms with Gasteiger partial charge in [0.05, 0.1) is 7.11 Å². The van der Waals surface area contributed by atoms with E-state index in [0.29, 0.717) is 0 Å². The van der Waals surface area contributed by atoms with Gasteiger partial charge in [-0.15, -0.1) is 0 Å². The summed E-state index contributed by atoms with van der Waals surface area (Å²) >= 11 is 0. The van der Waals surface area contributed by atoms with Crippen molar-refractivity contribution in [3.05, 3.63) is 65.7 Å². The van der Waals surface area contributed by atoms with E-state index >= 15 is 0 Å². The van der Waals surface area contributed by atoms with Crippen LogP contribution in [0.5, 0.6) is 5.75 Å². The van der Waals surface area contributed by atoms with Gasteiger partial charge in [0.1, 0.15) is 15.8 Å². The highest BCUT2D eigenvalue weighted by molar-refractivity contribution is 8.97. The van der Waals surface area contributed by atoms with Gasteiger partial charge in [0.15, 0.2) is 0 Å². The van der Waals surface area contributed by atoms with Crippen molar-refractivity contribution in [1.29, 1.82) is 0 Å². The smallest absolute Gasteiger partial charge is 0.120 e. The molecule has 0 fully saturated rings. The van der Waals surface area contributed by atoms with Crippen LogP contribution in [-0.4, -0.2) is 17.1 Å². The third kappa shape index (κ3) is 2.77. The summed E-state index contributed by atoms with van der Waals surface area (Å²) < 4.78 is 5.17. The zero-order chi connectivity index (χ0) is 13.9. The van der Waals surface area contributed by atoms with Gasteiger partial charge in [0.25, 0.3) is 0 Å². The quantitative estimate of drug-likeness (QED) is 0.603. The number of rotatable bonds is 3. The molecule has 20 heavy (non-hydrogen) atoms. The zero-order valence-electron chi connectivity index (χ0n) is 10.7. The molecule has 1 aliphatic heterocycles. The summed E-state index contributed by atoms with van der Waals surface area (Å²) in [6.45, 7) is 0. The molecule has 1 heterocycles. The van der Waals surface area contributed by atoms with Crippen molar-refractivity contribution in [3.63, 3.8) is 0 Å². The van der Waals surface area contributed by atoms with E-state index < -0.39 is 8.73 Å². The normalized spacial score (nSPS) is 18.0. The number of methoxy groups -OCH3 is 1. The molecule has 0 spiro atoms. The number of halogens is 1. The second-order valence-corrected chi connectivity index (χ2v) is 8.49. The highest BCUT2D eigenvalue weighted by atomic mass is 35.7. The average Bonchev–Trinajstić information content (AvgIpc) is 2.90. The first-order valence-corrected chi connectivity index (χ1v) is 9.41. The van der Waals surface area contributed by atoms with Crippen LogP contribution < -0.4 is 4.74 Å². The predicted octanol–water partition coefficient (Wildman–Crippen LogP) is 4.70. The molecule has 5 heteroatoms. The molecule has 0 amide bonds. The molecule has 0 bridgehead atoms.